The maximum atomic E-state index is 13.0. The van der Waals surface area contributed by atoms with Gasteiger partial charge in [-0.05, 0) is 23.6 Å². The summed E-state index contributed by atoms with van der Waals surface area (Å²) in [6.45, 7) is 7.70. The van der Waals surface area contributed by atoms with Crippen LogP contribution in [-0.4, -0.2) is 33.2 Å². The minimum atomic E-state index is -0.688. The van der Waals surface area contributed by atoms with Gasteiger partial charge in [0, 0.05) is 20.0 Å². The van der Waals surface area contributed by atoms with Crippen LogP contribution in [0.15, 0.2) is 28.8 Å². The van der Waals surface area contributed by atoms with Crippen molar-refractivity contribution in [3.05, 3.63) is 47.4 Å². The minimum absolute atomic E-state index is 0.308. The molecule has 1 aromatic heterocycles. The van der Waals surface area contributed by atoms with E-state index in [-0.39, 0.29) is 5.82 Å². The number of rotatable bonds is 7. The average molecular weight is 307 g/mol. The van der Waals surface area contributed by atoms with Crippen molar-refractivity contribution in [3.8, 4) is 0 Å². The molecular weight excluding hydrogens is 285 g/mol. The third kappa shape index (κ3) is 4.89. The molecule has 1 aromatic carbocycles. The Morgan fingerprint density at radius 1 is 1.23 bits per heavy atom. The molecule has 0 saturated heterocycles. The van der Waals surface area contributed by atoms with Crippen molar-refractivity contribution in [2.75, 3.05) is 13.1 Å². The Balaban J connectivity index is 2.03. The number of hydrogen-bond donors (Lipinski definition) is 1. The smallest absolute Gasteiger partial charge is 0.223 e. The summed E-state index contributed by atoms with van der Waals surface area (Å²) in [4.78, 5) is 6.27. The van der Waals surface area contributed by atoms with Gasteiger partial charge in [0.1, 0.15) is 5.82 Å². The highest BCUT2D eigenvalue weighted by Crippen LogP contribution is 2.17. The number of benzene rings is 1. The Bertz CT molecular complexity index is 583. The highest BCUT2D eigenvalue weighted by atomic mass is 19.1. The van der Waals surface area contributed by atoms with E-state index in [2.05, 4.69) is 28.9 Å². The van der Waals surface area contributed by atoms with E-state index < -0.39 is 6.10 Å². The molecular formula is C16H22FN3O2. The van der Waals surface area contributed by atoms with Gasteiger partial charge in [-0.1, -0.05) is 31.1 Å². The molecule has 0 unspecified atom stereocenters. The van der Waals surface area contributed by atoms with Crippen LogP contribution in [-0.2, 0) is 6.54 Å². The molecule has 0 fully saturated rings. The SMILES string of the molecule is Cc1nc(CN(CC(C)C)C[C@@H](O)c2ccc(F)cc2)no1. The van der Waals surface area contributed by atoms with Gasteiger partial charge in [0.05, 0.1) is 12.6 Å². The predicted molar refractivity (Wildman–Crippen MR) is 80.5 cm³/mol. The van der Waals surface area contributed by atoms with Gasteiger partial charge < -0.3 is 9.63 Å². The zero-order chi connectivity index (χ0) is 16.1. The first-order valence-electron chi connectivity index (χ1n) is 7.39. The van der Waals surface area contributed by atoms with Crippen molar-refractivity contribution in [3.63, 3.8) is 0 Å². The van der Waals surface area contributed by atoms with Crippen LogP contribution < -0.4 is 0 Å². The predicted octanol–water partition coefficient (Wildman–Crippen LogP) is 2.71. The van der Waals surface area contributed by atoms with E-state index in [1.165, 1.54) is 12.1 Å². The lowest BCUT2D eigenvalue weighted by Crippen LogP contribution is -2.32. The Morgan fingerprint density at radius 2 is 1.91 bits per heavy atom. The zero-order valence-electron chi connectivity index (χ0n) is 13.2. The molecule has 22 heavy (non-hydrogen) atoms. The summed E-state index contributed by atoms with van der Waals surface area (Å²) in [6, 6.07) is 5.92. The molecule has 1 heterocycles. The molecule has 0 amide bonds. The van der Waals surface area contributed by atoms with Crippen molar-refractivity contribution in [1.29, 1.82) is 0 Å². The lowest BCUT2D eigenvalue weighted by atomic mass is 10.1. The monoisotopic (exact) mass is 307 g/mol. The summed E-state index contributed by atoms with van der Waals surface area (Å²) in [7, 11) is 0. The van der Waals surface area contributed by atoms with Crippen LogP contribution >= 0.6 is 0 Å². The molecule has 2 rings (SSSR count). The lowest BCUT2D eigenvalue weighted by molar-refractivity contribution is 0.0995. The molecule has 0 saturated carbocycles. The van der Waals surface area contributed by atoms with Crippen LogP contribution in [0, 0.1) is 18.7 Å². The second-order valence-corrected chi connectivity index (χ2v) is 5.88. The second-order valence-electron chi connectivity index (χ2n) is 5.88. The van der Waals surface area contributed by atoms with Crippen LogP contribution in [0.4, 0.5) is 4.39 Å². The van der Waals surface area contributed by atoms with Gasteiger partial charge in [0.25, 0.3) is 0 Å². The first kappa shape index (κ1) is 16.6. The van der Waals surface area contributed by atoms with E-state index in [9.17, 15) is 9.50 Å². The molecule has 1 N–H and O–H groups in total. The number of aliphatic hydroxyl groups excluding tert-OH is 1. The maximum absolute atomic E-state index is 13.0. The fraction of sp³-hybridized carbons (Fsp3) is 0.500. The molecule has 6 heteroatoms. The molecule has 0 spiro atoms. The number of aliphatic hydroxyl groups is 1. The van der Waals surface area contributed by atoms with Gasteiger partial charge >= 0.3 is 0 Å². The average Bonchev–Trinajstić information content (AvgIpc) is 2.84. The van der Waals surface area contributed by atoms with E-state index >= 15 is 0 Å². The van der Waals surface area contributed by atoms with Gasteiger partial charge in [-0.15, -0.1) is 0 Å². The topological polar surface area (TPSA) is 62.4 Å². The van der Waals surface area contributed by atoms with E-state index in [0.29, 0.717) is 36.3 Å². The third-order valence-electron chi connectivity index (χ3n) is 3.24. The lowest BCUT2D eigenvalue weighted by Gasteiger charge is -2.25. The maximum Gasteiger partial charge on any atom is 0.223 e. The van der Waals surface area contributed by atoms with Crippen LogP contribution in [0.3, 0.4) is 0 Å². The molecule has 0 aliphatic heterocycles. The van der Waals surface area contributed by atoms with Gasteiger partial charge in [-0.25, -0.2) is 4.39 Å². The largest absolute Gasteiger partial charge is 0.387 e. The summed E-state index contributed by atoms with van der Waals surface area (Å²) in [5.41, 5.74) is 0.694. The quantitative estimate of drug-likeness (QED) is 0.852. The summed E-state index contributed by atoms with van der Waals surface area (Å²) in [6.07, 6.45) is -0.688. The second kappa shape index (κ2) is 7.47. The van der Waals surface area contributed by atoms with Crippen molar-refractivity contribution in [1.82, 2.24) is 15.0 Å². The normalized spacial score (nSPS) is 13.0. The summed E-state index contributed by atoms with van der Waals surface area (Å²) in [5.74, 6) is 1.26. The van der Waals surface area contributed by atoms with Gasteiger partial charge in [0.15, 0.2) is 5.82 Å². The molecule has 0 aliphatic rings. The molecule has 0 aliphatic carbocycles. The number of aryl methyl sites for hydroxylation is 1. The summed E-state index contributed by atoms with van der Waals surface area (Å²) < 4.78 is 17.9. The van der Waals surface area contributed by atoms with Gasteiger partial charge in [-0.2, -0.15) is 4.98 Å². The summed E-state index contributed by atoms with van der Waals surface area (Å²) >= 11 is 0. The van der Waals surface area contributed by atoms with Crippen molar-refractivity contribution < 1.29 is 14.0 Å². The molecule has 0 radical (unpaired) electrons. The molecule has 5 nitrogen and oxygen atoms in total. The number of hydrogen-bond acceptors (Lipinski definition) is 5. The van der Waals surface area contributed by atoms with Crippen LogP contribution in [0.1, 0.15) is 37.2 Å². The number of nitrogens with zero attached hydrogens (tertiary/aromatic N) is 3. The third-order valence-corrected chi connectivity index (χ3v) is 3.24. The molecule has 1 atom stereocenters. The first-order valence-corrected chi connectivity index (χ1v) is 7.39. The zero-order valence-corrected chi connectivity index (χ0v) is 13.2. The standard InChI is InChI=1S/C16H22FN3O2/c1-11(2)8-20(10-16-18-12(3)22-19-16)9-15(21)13-4-6-14(17)7-5-13/h4-7,11,15,21H,8-10H2,1-3H3/t15-/m1/s1. The fourth-order valence-corrected chi connectivity index (χ4v) is 2.36. The van der Waals surface area contributed by atoms with Gasteiger partial charge in [0.2, 0.25) is 5.89 Å². The molecule has 2 aromatic rings. The van der Waals surface area contributed by atoms with Crippen molar-refractivity contribution >= 4 is 0 Å². The Labute approximate surface area is 129 Å². The van der Waals surface area contributed by atoms with E-state index in [4.69, 9.17) is 4.52 Å². The highest BCUT2D eigenvalue weighted by molar-refractivity contribution is 5.18. The van der Waals surface area contributed by atoms with E-state index in [0.717, 1.165) is 6.54 Å². The van der Waals surface area contributed by atoms with Crippen molar-refractivity contribution in [2.45, 2.75) is 33.4 Å². The van der Waals surface area contributed by atoms with Crippen LogP contribution in [0.2, 0.25) is 0 Å². The number of aromatic nitrogens is 2. The molecule has 0 bridgehead atoms. The summed E-state index contributed by atoms with van der Waals surface area (Å²) in [5, 5.41) is 14.2. The Hall–Kier alpha value is -1.79. The van der Waals surface area contributed by atoms with E-state index in [1.54, 1.807) is 19.1 Å². The molecule has 120 valence electrons. The van der Waals surface area contributed by atoms with Crippen LogP contribution in [0.5, 0.6) is 0 Å². The Morgan fingerprint density at radius 3 is 2.45 bits per heavy atom. The van der Waals surface area contributed by atoms with E-state index in [1.807, 2.05) is 0 Å². The fourth-order valence-electron chi connectivity index (χ4n) is 2.36. The minimum Gasteiger partial charge on any atom is -0.387 e. The number of halogens is 1. The highest BCUT2D eigenvalue weighted by Gasteiger charge is 2.17. The Kier molecular flexibility index (Phi) is 5.63. The van der Waals surface area contributed by atoms with Gasteiger partial charge in [-0.3, -0.25) is 4.90 Å². The first-order chi connectivity index (χ1) is 10.4. The van der Waals surface area contributed by atoms with Crippen molar-refractivity contribution in [2.24, 2.45) is 5.92 Å². The van der Waals surface area contributed by atoms with Crippen LogP contribution in [0.25, 0.3) is 0 Å².